The maximum Gasteiger partial charge on any atom is 0.258 e. The third kappa shape index (κ3) is 2.92. The van der Waals surface area contributed by atoms with Gasteiger partial charge in [0.1, 0.15) is 11.6 Å². The molecule has 1 aliphatic heterocycles. The molecule has 1 saturated heterocycles. The first-order valence-electron chi connectivity index (χ1n) is 8.73. The molecule has 0 unspecified atom stereocenters. The molecule has 2 aromatic carbocycles. The van der Waals surface area contributed by atoms with Crippen LogP contribution in [-0.2, 0) is 4.74 Å². The molecule has 2 heterocycles. The monoisotopic (exact) mass is 355 g/mol. The average molecular weight is 355 g/mol. The van der Waals surface area contributed by atoms with Crippen LogP contribution < -0.4 is 5.56 Å². The molecule has 3 nitrogen and oxygen atoms in total. The van der Waals surface area contributed by atoms with Crippen LogP contribution in [0.15, 0.2) is 47.4 Å². The molecule has 5 heteroatoms. The predicted octanol–water partition coefficient (Wildman–Crippen LogP) is 4.61. The summed E-state index contributed by atoms with van der Waals surface area (Å²) in [6, 6.07) is 9.12. The molecule has 0 aliphatic carbocycles. The van der Waals surface area contributed by atoms with E-state index >= 15 is 0 Å². The fourth-order valence-electron chi connectivity index (χ4n) is 3.63. The molecule has 26 heavy (non-hydrogen) atoms. The summed E-state index contributed by atoms with van der Waals surface area (Å²) >= 11 is 0. The first kappa shape index (κ1) is 16.9. The van der Waals surface area contributed by atoms with Crippen LogP contribution in [-0.4, -0.2) is 17.8 Å². The smallest absolute Gasteiger partial charge is 0.258 e. The number of benzene rings is 2. The van der Waals surface area contributed by atoms with Gasteiger partial charge in [-0.1, -0.05) is 17.7 Å². The molecule has 3 aromatic rings. The highest BCUT2D eigenvalue weighted by Crippen LogP contribution is 2.32. The van der Waals surface area contributed by atoms with Crippen molar-refractivity contribution in [2.75, 3.05) is 13.2 Å². The number of aryl methyl sites for hydroxylation is 1. The quantitative estimate of drug-likeness (QED) is 0.672. The van der Waals surface area contributed by atoms with Crippen LogP contribution in [0.2, 0.25) is 0 Å². The largest absolute Gasteiger partial charge is 0.381 e. The van der Waals surface area contributed by atoms with E-state index in [0.29, 0.717) is 35.1 Å². The van der Waals surface area contributed by atoms with E-state index in [4.69, 9.17) is 4.74 Å². The zero-order valence-electron chi connectivity index (χ0n) is 14.5. The van der Waals surface area contributed by atoms with Gasteiger partial charge in [0.2, 0.25) is 0 Å². The minimum Gasteiger partial charge on any atom is -0.381 e. The fourth-order valence-corrected chi connectivity index (χ4v) is 3.63. The van der Waals surface area contributed by atoms with Crippen molar-refractivity contribution in [2.45, 2.75) is 25.8 Å². The van der Waals surface area contributed by atoms with Crippen molar-refractivity contribution in [1.29, 1.82) is 0 Å². The Balaban J connectivity index is 2.01. The average Bonchev–Trinajstić information content (AvgIpc) is 2.64. The lowest BCUT2D eigenvalue weighted by Gasteiger charge is -2.25. The van der Waals surface area contributed by atoms with Gasteiger partial charge in [-0.25, -0.2) is 8.78 Å². The highest BCUT2D eigenvalue weighted by atomic mass is 19.1. The van der Waals surface area contributed by atoms with Crippen LogP contribution in [0.25, 0.3) is 21.9 Å². The van der Waals surface area contributed by atoms with Crippen molar-refractivity contribution in [1.82, 2.24) is 4.57 Å². The molecular formula is C21H19F2NO2. The number of hydrogen-bond donors (Lipinski definition) is 0. The zero-order chi connectivity index (χ0) is 18.3. The number of nitrogens with zero attached hydrogens (tertiary/aromatic N) is 1. The van der Waals surface area contributed by atoms with Crippen LogP contribution in [0, 0.1) is 18.6 Å². The Morgan fingerprint density at radius 2 is 1.77 bits per heavy atom. The number of rotatable bonds is 2. The lowest BCUT2D eigenvalue weighted by Crippen LogP contribution is -2.29. The molecule has 134 valence electrons. The maximum atomic E-state index is 14.5. The minimum absolute atomic E-state index is 0.0171. The first-order chi connectivity index (χ1) is 12.5. The highest BCUT2D eigenvalue weighted by Gasteiger charge is 2.21. The van der Waals surface area contributed by atoms with Gasteiger partial charge in [-0.05, 0) is 43.4 Å². The lowest BCUT2D eigenvalue weighted by atomic mass is 9.98. The van der Waals surface area contributed by atoms with E-state index in [1.165, 1.54) is 12.1 Å². The topological polar surface area (TPSA) is 31.2 Å². The SMILES string of the molecule is Cc1ccc2c(-c3ccc(F)cc3F)cn(C3CCOCC3)c(=O)c2c1. The second-order valence-corrected chi connectivity index (χ2v) is 6.77. The van der Waals surface area contributed by atoms with Gasteiger partial charge < -0.3 is 9.30 Å². The Kier molecular flexibility index (Phi) is 4.32. The van der Waals surface area contributed by atoms with E-state index in [9.17, 15) is 13.6 Å². The number of aromatic nitrogens is 1. The molecular weight excluding hydrogens is 336 g/mol. The van der Waals surface area contributed by atoms with Gasteiger partial charge in [0.15, 0.2) is 0 Å². The Morgan fingerprint density at radius 3 is 2.50 bits per heavy atom. The number of fused-ring (bicyclic) bond motifs is 1. The van der Waals surface area contributed by atoms with Crippen molar-refractivity contribution < 1.29 is 13.5 Å². The molecule has 1 aliphatic rings. The zero-order valence-corrected chi connectivity index (χ0v) is 14.5. The summed E-state index contributed by atoms with van der Waals surface area (Å²) in [7, 11) is 0. The van der Waals surface area contributed by atoms with Gasteiger partial charge in [-0.15, -0.1) is 0 Å². The van der Waals surface area contributed by atoms with E-state index in [1.54, 1.807) is 10.8 Å². The Labute approximate surface area is 149 Å². The van der Waals surface area contributed by atoms with E-state index < -0.39 is 11.6 Å². The van der Waals surface area contributed by atoms with E-state index in [0.717, 1.165) is 24.5 Å². The van der Waals surface area contributed by atoms with Crippen molar-refractivity contribution in [2.24, 2.45) is 0 Å². The van der Waals surface area contributed by atoms with E-state index in [1.807, 2.05) is 25.1 Å². The minimum atomic E-state index is -0.635. The molecule has 0 saturated carbocycles. The van der Waals surface area contributed by atoms with Crippen molar-refractivity contribution in [3.05, 3.63) is 70.1 Å². The molecule has 1 fully saturated rings. The van der Waals surface area contributed by atoms with Crippen LogP contribution >= 0.6 is 0 Å². The van der Waals surface area contributed by atoms with Crippen LogP contribution in [0.3, 0.4) is 0 Å². The van der Waals surface area contributed by atoms with Crippen LogP contribution in [0.1, 0.15) is 24.4 Å². The lowest BCUT2D eigenvalue weighted by molar-refractivity contribution is 0.0688. The maximum absolute atomic E-state index is 14.5. The summed E-state index contributed by atoms with van der Waals surface area (Å²) in [5, 5.41) is 1.23. The molecule has 0 radical (unpaired) electrons. The molecule has 0 amide bonds. The molecule has 0 spiro atoms. The summed E-state index contributed by atoms with van der Waals surface area (Å²) in [6.07, 6.45) is 3.19. The van der Waals surface area contributed by atoms with Gasteiger partial charge in [0.25, 0.3) is 5.56 Å². The first-order valence-corrected chi connectivity index (χ1v) is 8.73. The van der Waals surface area contributed by atoms with Gasteiger partial charge in [0.05, 0.1) is 0 Å². The van der Waals surface area contributed by atoms with Crippen molar-refractivity contribution >= 4 is 10.8 Å². The number of pyridine rings is 1. The van der Waals surface area contributed by atoms with Gasteiger partial charge in [-0.2, -0.15) is 0 Å². The standard InChI is InChI=1S/C21H19F2NO2/c1-13-2-4-16-18(10-13)21(25)24(15-6-8-26-9-7-15)12-19(16)17-5-3-14(22)11-20(17)23/h2-5,10-12,15H,6-9H2,1H3. The molecule has 0 N–H and O–H groups in total. The van der Waals surface area contributed by atoms with Crippen molar-refractivity contribution in [3.63, 3.8) is 0 Å². The third-order valence-electron chi connectivity index (χ3n) is 5.00. The number of ether oxygens (including phenoxy) is 1. The Bertz CT molecular complexity index is 1040. The second kappa shape index (κ2) is 6.65. The Hall–Kier alpha value is -2.53. The van der Waals surface area contributed by atoms with Crippen LogP contribution in [0.5, 0.6) is 0 Å². The molecule has 4 rings (SSSR count). The normalized spacial score (nSPS) is 15.5. The van der Waals surface area contributed by atoms with E-state index in [2.05, 4.69) is 0 Å². The molecule has 1 aromatic heterocycles. The molecule has 0 atom stereocenters. The van der Waals surface area contributed by atoms with Gasteiger partial charge in [0, 0.05) is 48.0 Å². The van der Waals surface area contributed by atoms with E-state index in [-0.39, 0.29) is 11.6 Å². The third-order valence-corrected chi connectivity index (χ3v) is 5.00. The van der Waals surface area contributed by atoms with Crippen LogP contribution in [0.4, 0.5) is 8.78 Å². The van der Waals surface area contributed by atoms with Gasteiger partial charge in [-0.3, -0.25) is 4.79 Å². The Morgan fingerprint density at radius 1 is 1.00 bits per heavy atom. The summed E-state index contributed by atoms with van der Waals surface area (Å²) in [5.74, 6) is -1.26. The summed E-state index contributed by atoms with van der Waals surface area (Å²) < 4.78 is 34.9. The predicted molar refractivity (Wildman–Crippen MR) is 97.4 cm³/mol. The van der Waals surface area contributed by atoms with Gasteiger partial charge >= 0.3 is 0 Å². The molecule has 0 bridgehead atoms. The highest BCUT2D eigenvalue weighted by molar-refractivity contribution is 5.96. The summed E-state index contributed by atoms with van der Waals surface area (Å²) in [6.45, 7) is 3.12. The summed E-state index contributed by atoms with van der Waals surface area (Å²) in [5.41, 5.74) is 1.77. The summed E-state index contributed by atoms with van der Waals surface area (Å²) in [4.78, 5) is 13.1. The second-order valence-electron chi connectivity index (χ2n) is 6.77. The van der Waals surface area contributed by atoms with Crippen molar-refractivity contribution in [3.8, 4) is 11.1 Å². The number of hydrogen-bond acceptors (Lipinski definition) is 2. The number of halogens is 2. The fraction of sp³-hybridized carbons (Fsp3) is 0.286.